The molecule has 0 amide bonds. The number of anilines is 1. The van der Waals surface area contributed by atoms with E-state index in [1.807, 2.05) is 44.2 Å². The second-order valence-electron chi connectivity index (χ2n) is 5.94. The molecule has 0 bridgehead atoms. The molecular formula is C19H19NO3. The molecule has 0 unspecified atom stereocenters. The predicted octanol–water partition coefficient (Wildman–Crippen LogP) is 3.73. The summed E-state index contributed by atoms with van der Waals surface area (Å²) >= 11 is 0. The second kappa shape index (κ2) is 5.80. The number of cyclic esters (lactones) is 1. The summed E-state index contributed by atoms with van der Waals surface area (Å²) in [6.45, 7) is 3.87. The van der Waals surface area contributed by atoms with Gasteiger partial charge in [0, 0.05) is 6.08 Å². The summed E-state index contributed by atoms with van der Waals surface area (Å²) in [6, 6.07) is 14.7. The number of esters is 1. The van der Waals surface area contributed by atoms with Gasteiger partial charge in [-0.25, -0.2) is 4.79 Å². The van der Waals surface area contributed by atoms with E-state index >= 15 is 0 Å². The van der Waals surface area contributed by atoms with E-state index in [0.29, 0.717) is 5.69 Å². The highest BCUT2D eigenvalue weighted by atomic mass is 16.6. The van der Waals surface area contributed by atoms with E-state index < -0.39 is 5.60 Å². The van der Waals surface area contributed by atoms with Gasteiger partial charge in [0.1, 0.15) is 5.75 Å². The number of phenols is 1. The van der Waals surface area contributed by atoms with E-state index in [1.54, 1.807) is 24.3 Å². The van der Waals surface area contributed by atoms with Gasteiger partial charge in [-0.1, -0.05) is 42.0 Å². The maximum absolute atomic E-state index is 11.6. The van der Waals surface area contributed by atoms with Crippen LogP contribution < -0.4 is 5.32 Å². The lowest BCUT2D eigenvalue weighted by molar-refractivity contribution is -0.145. The van der Waals surface area contributed by atoms with Crippen LogP contribution >= 0.6 is 0 Å². The zero-order valence-electron chi connectivity index (χ0n) is 13.1. The smallest absolute Gasteiger partial charge is 0.331 e. The number of rotatable bonds is 4. The molecule has 118 valence electrons. The van der Waals surface area contributed by atoms with Crippen LogP contribution in [0.15, 0.2) is 60.7 Å². The number of para-hydroxylation sites is 2. The molecule has 0 saturated carbocycles. The first-order valence-electron chi connectivity index (χ1n) is 7.51. The van der Waals surface area contributed by atoms with Crippen LogP contribution in [-0.2, 0) is 9.53 Å². The van der Waals surface area contributed by atoms with E-state index in [1.165, 1.54) is 6.08 Å². The topological polar surface area (TPSA) is 58.6 Å². The van der Waals surface area contributed by atoms with E-state index in [9.17, 15) is 9.90 Å². The molecule has 0 aromatic heterocycles. The third-order valence-electron chi connectivity index (χ3n) is 4.06. The molecule has 0 spiro atoms. The molecule has 1 aliphatic rings. The van der Waals surface area contributed by atoms with Gasteiger partial charge in [0.05, 0.1) is 11.7 Å². The highest BCUT2D eigenvalue weighted by Crippen LogP contribution is 2.38. The van der Waals surface area contributed by atoms with Gasteiger partial charge < -0.3 is 15.2 Å². The Morgan fingerprint density at radius 3 is 2.43 bits per heavy atom. The number of carbonyl (C=O) groups is 1. The van der Waals surface area contributed by atoms with Crippen molar-refractivity contribution >= 4 is 11.7 Å². The first-order valence-corrected chi connectivity index (χ1v) is 7.51. The molecule has 2 aromatic carbocycles. The van der Waals surface area contributed by atoms with Crippen molar-refractivity contribution in [1.29, 1.82) is 0 Å². The summed E-state index contributed by atoms with van der Waals surface area (Å²) in [5, 5.41) is 13.3. The number of ether oxygens (including phenoxy) is 1. The molecule has 4 nitrogen and oxygen atoms in total. The van der Waals surface area contributed by atoms with Crippen molar-refractivity contribution in [2.24, 2.45) is 0 Å². The van der Waals surface area contributed by atoms with Gasteiger partial charge in [0.2, 0.25) is 0 Å². The highest BCUT2D eigenvalue weighted by Gasteiger charge is 2.40. The van der Waals surface area contributed by atoms with Gasteiger partial charge in [-0.2, -0.15) is 0 Å². The normalized spacial score (nSPS) is 21.0. The largest absolute Gasteiger partial charge is 0.506 e. The lowest BCUT2D eigenvalue weighted by atomic mass is 9.89. The molecule has 4 heteroatoms. The van der Waals surface area contributed by atoms with Crippen molar-refractivity contribution in [3.05, 3.63) is 71.8 Å². The van der Waals surface area contributed by atoms with Gasteiger partial charge in [0.25, 0.3) is 0 Å². The predicted molar refractivity (Wildman–Crippen MR) is 89.3 cm³/mol. The summed E-state index contributed by atoms with van der Waals surface area (Å²) in [7, 11) is 0. The number of carbonyl (C=O) groups excluding carboxylic acids is 1. The van der Waals surface area contributed by atoms with E-state index in [4.69, 9.17) is 4.74 Å². The number of phenolic OH excluding ortho intramolecular Hbond substituents is 1. The molecule has 0 fully saturated rings. The van der Waals surface area contributed by atoms with Crippen LogP contribution in [0.5, 0.6) is 5.75 Å². The first-order chi connectivity index (χ1) is 11.0. The van der Waals surface area contributed by atoms with Gasteiger partial charge in [-0.05, 0) is 37.6 Å². The van der Waals surface area contributed by atoms with Crippen LogP contribution in [0.25, 0.3) is 0 Å². The maximum Gasteiger partial charge on any atom is 0.331 e. The zero-order valence-corrected chi connectivity index (χ0v) is 13.1. The van der Waals surface area contributed by atoms with Gasteiger partial charge >= 0.3 is 5.97 Å². The lowest BCUT2D eigenvalue weighted by Gasteiger charge is -2.33. The third-order valence-corrected chi connectivity index (χ3v) is 4.06. The van der Waals surface area contributed by atoms with Crippen molar-refractivity contribution < 1.29 is 14.6 Å². The molecule has 3 rings (SSSR count). The molecule has 2 atom stereocenters. The number of hydrogen-bond donors (Lipinski definition) is 2. The van der Waals surface area contributed by atoms with Gasteiger partial charge in [0.15, 0.2) is 5.60 Å². The number of aromatic hydroxyl groups is 1. The minimum absolute atomic E-state index is 0.154. The monoisotopic (exact) mass is 309 g/mol. The van der Waals surface area contributed by atoms with Gasteiger partial charge in [-0.3, -0.25) is 0 Å². The summed E-state index contributed by atoms with van der Waals surface area (Å²) < 4.78 is 5.51. The quantitative estimate of drug-likeness (QED) is 0.667. The molecule has 2 aromatic rings. The zero-order chi connectivity index (χ0) is 16.4. The Kier molecular flexibility index (Phi) is 3.82. The fraction of sp³-hybridized carbons (Fsp3) is 0.211. The number of benzene rings is 2. The molecule has 0 saturated heterocycles. The van der Waals surface area contributed by atoms with Crippen molar-refractivity contribution in [2.75, 3.05) is 5.32 Å². The summed E-state index contributed by atoms with van der Waals surface area (Å²) in [5.41, 5.74) is 1.89. The SMILES string of the molecule is Cc1ccc([C@@H](Nc2ccccc2O)[C@@]2(C)C=CC(=O)O2)cc1. The lowest BCUT2D eigenvalue weighted by Crippen LogP contribution is -2.37. The van der Waals surface area contributed by atoms with E-state index in [-0.39, 0.29) is 17.8 Å². The Balaban J connectivity index is 2.00. The summed E-state index contributed by atoms with van der Waals surface area (Å²) in [6.07, 6.45) is 3.20. The Bertz CT molecular complexity index is 751. The highest BCUT2D eigenvalue weighted by molar-refractivity contribution is 5.85. The fourth-order valence-corrected chi connectivity index (χ4v) is 2.74. The average molecular weight is 309 g/mol. The van der Waals surface area contributed by atoms with Crippen molar-refractivity contribution in [2.45, 2.75) is 25.5 Å². The van der Waals surface area contributed by atoms with E-state index in [2.05, 4.69) is 5.32 Å². The van der Waals surface area contributed by atoms with Crippen LogP contribution in [0.3, 0.4) is 0 Å². The van der Waals surface area contributed by atoms with Crippen LogP contribution in [0.2, 0.25) is 0 Å². The minimum Gasteiger partial charge on any atom is -0.506 e. The van der Waals surface area contributed by atoms with Crippen molar-refractivity contribution in [3.63, 3.8) is 0 Å². The Hall–Kier alpha value is -2.75. The molecule has 2 N–H and O–H groups in total. The van der Waals surface area contributed by atoms with Crippen LogP contribution in [0.4, 0.5) is 5.69 Å². The molecule has 23 heavy (non-hydrogen) atoms. The maximum atomic E-state index is 11.6. The van der Waals surface area contributed by atoms with Crippen LogP contribution in [-0.4, -0.2) is 16.7 Å². The molecule has 1 heterocycles. The van der Waals surface area contributed by atoms with E-state index in [0.717, 1.165) is 11.1 Å². The molecule has 0 radical (unpaired) electrons. The second-order valence-corrected chi connectivity index (χ2v) is 5.94. The molecular weight excluding hydrogens is 290 g/mol. The molecule has 1 aliphatic heterocycles. The van der Waals surface area contributed by atoms with Gasteiger partial charge in [-0.15, -0.1) is 0 Å². The van der Waals surface area contributed by atoms with Crippen molar-refractivity contribution in [1.82, 2.24) is 0 Å². The van der Waals surface area contributed by atoms with Crippen LogP contribution in [0.1, 0.15) is 24.1 Å². The number of hydrogen-bond acceptors (Lipinski definition) is 4. The fourth-order valence-electron chi connectivity index (χ4n) is 2.74. The van der Waals surface area contributed by atoms with Crippen LogP contribution in [0, 0.1) is 6.92 Å². The Morgan fingerprint density at radius 1 is 1.13 bits per heavy atom. The number of nitrogens with one attached hydrogen (secondary N) is 1. The molecule has 0 aliphatic carbocycles. The Morgan fingerprint density at radius 2 is 1.83 bits per heavy atom. The minimum atomic E-state index is -0.825. The Labute approximate surface area is 135 Å². The first kappa shape index (κ1) is 15.2. The average Bonchev–Trinajstić information content (AvgIpc) is 2.88. The van der Waals surface area contributed by atoms with Crippen molar-refractivity contribution in [3.8, 4) is 5.75 Å². The standard InChI is InChI=1S/C19H19NO3/c1-13-7-9-14(10-8-13)18(19(2)12-11-17(22)23-19)20-15-5-3-4-6-16(15)21/h3-12,18,20-21H,1-2H3/t18-,19-/m1/s1. The third kappa shape index (κ3) is 3.06. The summed E-state index contributed by atoms with van der Waals surface area (Å²) in [5.74, 6) is -0.204. The summed E-state index contributed by atoms with van der Waals surface area (Å²) in [4.78, 5) is 11.6. The number of aryl methyl sites for hydroxylation is 1.